The van der Waals surface area contributed by atoms with Crippen molar-refractivity contribution in [2.75, 3.05) is 0 Å². The molecule has 8 heteroatoms. The molecule has 0 saturated carbocycles. The van der Waals surface area contributed by atoms with Crippen LogP contribution in [0.15, 0.2) is 26.7 Å². The highest BCUT2D eigenvalue weighted by Gasteiger charge is 2.22. The van der Waals surface area contributed by atoms with Crippen LogP contribution in [-0.4, -0.2) is 14.9 Å². The number of aryl methyl sites for hydroxylation is 1. The van der Waals surface area contributed by atoms with E-state index in [1.807, 2.05) is 17.5 Å². The van der Waals surface area contributed by atoms with Crippen molar-refractivity contribution in [3.63, 3.8) is 0 Å². The summed E-state index contributed by atoms with van der Waals surface area (Å²) in [4.78, 5) is 18.2. The average molecular weight is 288 g/mol. The zero-order valence-corrected chi connectivity index (χ0v) is 11.0. The largest absolute Gasteiger partial charge is 0.322 e. The quantitative estimate of drug-likeness (QED) is 0.374. The molecule has 0 radical (unpaired) electrons. The maximum absolute atomic E-state index is 11.0. The predicted octanol–water partition coefficient (Wildman–Crippen LogP) is 3.56. The molecular weight excluding hydrogens is 282 g/mol. The molecule has 0 saturated heterocycles. The Bertz CT molecular complexity index is 560. The van der Waals surface area contributed by atoms with Gasteiger partial charge in [-0.2, -0.15) is 0 Å². The Morgan fingerprint density at radius 3 is 2.88 bits per heavy atom. The van der Waals surface area contributed by atoms with Gasteiger partial charge >= 0.3 is 5.69 Å². The van der Waals surface area contributed by atoms with Crippen LogP contribution in [0.5, 0.6) is 0 Å². The molecule has 5 nitrogen and oxygen atoms in total. The van der Waals surface area contributed by atoms with Gasteiger partial charge < -0.3 is 0 Å². The van der Waals surface area contributed by atoms with E-state index in [0.29, 0.717) is 0 Å². The molecule has 0 spiro atoms. The summed E-state index contributed by atoms with van der Waals surface area (Å²) in [5.41, 5.74) is 0.182. The lowest BCUT2D eigenvalue weighted by molar-refractivity contribution is -0.389. The van der Waals surface area contributed by atoms with Gasteiger partial charge in [-0.15, -0.1) is 11.3 Å². The molecule has 2 rings (SSSR count). The van der Waals surface area contributed by atoms with Crippen molar-refractivity contribution in [2.24, 2.45) is 0 Å². The molecule has 0 amide bonds. The summed E-state index contributed by atoms with van der Waals surface area (Å²) in [6.45, 7) is 1.55. The van der Waals surface area contributed by atoms with E-state index in [9.17, 15) is 10.1 Å². The summed E-state index contributed by atoms with van der Waals surface area (Å²) in [6, 6.07) is 3.74. The minimum atomic E-state index is -0.485. The monoisotopic (exact) mass is 287 g/mol. The van der Waals surface area contributed by atoms with Crippen molar-refractivity contribution < 1.29 is 4.92 Å². The van der Waals surface area contributed by atoms with E-state index in [-0.39, 0.29) is 21.7 Å². The summed E-state index contributed by atoms with van der Waals surface area (Å²) in [6.07, 6.45) is 0. The van der Waals surface area contributed by atoms with Crippen LogP contribution in [0.2, 0.25) is 5.28 Å². The SMILES string of the molecule is Cc1nc(Cl)nc(Sc2cccs2)c1[N+](=O)[O-]. The molecule has 2 aromatic heterocycles. The Kier molecular flexibility index (Phi) is 3.60. The minimum Gasteiger partial charge on any atom is -0.258 e. The van der Waals surface area contributed by atoms with E-state index < -0.39 is 4.92 Å². The second-order valence-corrected chi connectivity index (χ2v) is 5.60. The third-order valence-corrected chi connectivity index (χ3v) is 4.06. The van der Waals surface area contributed by atoms with Crippen LogP contribution >= 0.6 is 34.7 Å². The lowest BCUT2D eigenvalue weighted by Gasteiger charge is -2.02. The van der Waals surface area contributed by atoms with E-state index in [0.717, 1.165) is 4.21 Å². The smallest absolute Gasteiger partial charge is 0.258 e. The standard InChI is InChI=1S/C9H6ClN3O2S2/c1-5-7(13(14)15)8(12-9(10)11-5)17-6-3-2-4-16-6/h2-4H,1H3. The number of thiophene rings is 1. The first kappa shape index (κ1) is 12.3. The maximum atomic E-state index is 11.0. The Balaban J connectivity index is 2.47. The Morgan fingerprint density at radius 1 is 1.53 bits per heavy atom. The average Bonchev–Trinajstić information content (AvgIpc) is 2.68. The van der Waals surface area contributed by atoms with E-state index in [4.69, 9.17) is 11.6 Å². The first-order valence-electron chi connectivity index (χ1n) is 4.48. The van der Waals surface area contributed by atoms with Gasteiger partial charge in [-0.1, -0.05) is 17.8 Å². The Morgan fingerprint density at radius 2 is 2.29 bits per heavy atom. The van der Waals surface area contributed by atoms with Crippen LogP contribution in [0.4, 0.5) is 5.69 Å². The third kappa shape index (κ3) is 2.74. The molecule has 0 aliphatic rings. The number of hydrogen-bond acceptors (Lipinski definition) is 6. The zero-order valence-electron chi connectivity index (χ0n) is 8.58. The fourth-order valence-corrected chi connectivity index (χ4v) is 3.30. The highest BCUT2D eigenvalue weighted by atomic mass is 35.5. The lowest BCUT2D eigenvalue weighted by Crippen LogP contribution is -1.99. The van der Waals surface area contributed by atoms with E-state index in [2.05, 4.69) is 9.97 Å². The van der Waals surface area contributed by atoms with Gasteiger partial charge in [0.1, 0.15) is 5.69 Å². The number of hydrogen-bond donors (Lipinski definition) is 0. The van der Waals surface area contributed by atoms with E-state index in [1.165, 1.54) is 23.1 Å². The molecule has 0 fully saturated rings. The first-order valence-corrected chi connectivity index (χ1v) is 6.55. The number of nitro groups is 1. The van der Waals surface area contributed by atoms with Gasteiger partial charge in [0, 0.05) is 0 Å². The van der Waals surface area contributed by atoms with Crippen LogP contribution in [-0.2, 0) is 0 Å². The van der Waals surface area contributed by atoms with Gasteiger partial charge in [0.15, 0.2) is 5.03 Å². The van der Waals surface area contributed by atoms with Gasteiger partial charge in [0.2, 0.25) is 5.28 Å². The zero-order chi connectivity index (χ0) is 12.4. The van der Waals surface area contributed by atoms with Crippen molar-refractivity contribution in [3.05, 3.63) is 38.6 Å². The topological polar surface area (TPSA) is 68.9 Å². The summed E-state index contributed by atoms with van der Waals surface area (Å²) in [5.74, 6) is 0. The van der Waals surface area contributed by atoms with Crippen LogP contribution in [0.25, 0.3) is 0 Å². The molecule has 0 atom stereocenters. The molecule has 0 aliphatic carbocycles. The van der Waals surface area contributed by atoms with E-state index in [1.54, 1.807) is 6.92 Å². The molecule has 0 N–H and O–H groups in total. The number of nitrogens with zero attached hydrogens (tertiary/aromatic N) is 3. The highest BCUT2D eigenvalue weighted by Crippen LogP contribution is 2.37. The van der Waals surface area contributed by atoms with Crippen LogP contribution in [0, 0.1) is 17.0 Å². The molecule has 0 unspecified atom stereocenters. The van der Waals surface area contributed by atoms with Crippen LogP contribution in [0.3, 0.4) is 0 Å². The molecule has 17 heavy (non-hydrogen) atoms. The first-order chi connectivity index (χ1) is 8.08. The van der Waals surface area contributed by atoms with Gasteiger partial charge in [-0.3, -0.25) is 10.1 Å². The van der Waals surface area contributed by atoms with Gasteiger partial charge in [0.05, 0.1) is 9.13 Å². The summed E-state index contributed by atoms with van der Waals surface area (Å²) < 4.78 is 0.919. The maximum Gasteiger partial charge on any atom is 0.322 e. The molecule has 0 aromatic carbocycles. The second kappa shape index (κ2) is 4.99. The molecule has 0 bridgehead atoms. The summed E-state index contributed by atoms with van der Waals surface area (Å²) in [7, 11) is 0. The predicted molar refractivity (Wildman–Crippen MR) is 66.9 cm³/mol. The van der Waals surface area contributed by atoms with Crippen LogP contribution in [0.1, 0.15) is 5.69 Å². The van der Waals surface area contributed by atoms with Crippen molar-refractivity contribution in [2.45, 2.75) is 16.2 Å². The Labute approximate surface area is 110 Å². The van der Waals surface area contributed by atoms with Crippen LogP contribution < -0.4 is 0 Å². The fraction of sp³-hybridized carbons (Fsp3) is 0.111. The minimum absolute atomic E-state index is 0.0205. The molecular formula is C9H6ClN3O2S2. The molecule has 88 valence electrons. The molecule has 0 aliphatic heterocycles. The number of aromatic nitrogens is 2. The second-order valence-electron chi connectivity index (χ2n) is 3.02. The van der Waals surface area contributed by atoms with Crippen molar-refractivity contribution >= 4 is 40.4 Å². The molecule has 2 aromatic rings. The summed E-state index contributed by atoms with van der Waals surface area (Å²) in [5, 5.41) is 13.1. The highest BCUT2D eigenvalue weighted by molar-refractivity contribution is 8.01. The van der Waals surface area contributed by atoms with E-state index >= 15 is 0 Å². The molecule has 2 heterocycles. The van der Waals surface area contributed by atoms with Crippen molar-refractivity contribution in [3.8, 4) is 0 Å². The van der Waals surface area contributed by atoms with Crippen molar-refractivity contribution in [1.82, 2.24) is 9.97 Å². The third-order valence-electron chi connectivity index (χ3n) is 1.87. The Hall–Kier alpha value is -1.18. The normalized spacial score (nSPS) is 10.5. The number of halogens is 1. The van der Waals surface area contributed by atoms with Gasteiger partial charge in [-0.25, -0.2) is 9.97 Å². The lowest BCUT2D eigenvalue weighted by atomic mass is 10.4. The fourth-order valence-electron chi connectivity index (χ4n) is 1.21. The summed E-state index contributed by atoms with van der Waals surface area (Å²) >= 11 is 8.42. The van der Waals surface area contributed by atoms with Gasteiger partial charge in [0.25, 0.3) is 0 Å². The van der Waals surface area contributed by atoms with Crippen molar-refractivity contribution in [1.29, 1.82) is 0 Å². The number of rotatable bonds is 3. The van der Waals surface area contributed by atoms with Gasteiger partial charge in [-0.05, 0) is 30.0 Å².